The highest BCUT2D eigenvalue weighted by Crippen LogP contribution is 2.24. The average Bonchev–Trinajstić information content (AvgIpc) is 2.26. The third kappa shape index (κ3) is 4.37. The second-order valence-electron chi connectivity index (χ2n) is 4.84. The number of carbonyl (C=O) groups is 1. The van der Waals surface area contributed by atoms with Crippen molar-refractivity contribution in [3.63, 3.8) is 0 Å². The zero-order chi connectivity index (χ0) is 13.7. The van der Waals surface area contributed by atoms with Crippen molar-refractivity contribution in [1.29, 1.82) is 0 Å². The van der Waals surface area contributed by atoms with Crippen molar-refractivity contribution >= 4 is 5.91 Å². The van der Waals surface area contributed by atoms with E-state index in [1.165, 1.54) is 0 Å². The van der Waals surface area contributed by atoms with Crippen LogP contribution in [0.5, 0.6) is 5.75 Å². The maximum atomic E-state index is 11.5. The van der Waals surface area contributed by atoms with E-state index < -0.39 is 0 Å². The van der Waals surface area contributed by atoms with E-state index in [2.05, 4.69) is 5.32 Å². The molecule has 1 aromatic rings. The molecule has 1 rings (SSSR count). The number of aryl methyl sites for hydroxylation is 1. The van der Waals surface area contributed by atoms with Gasteiger partial charge in [0.05, 0.1) is 0 Å². The van der Waals surface area contributed by atoms with Gasteiger partial charge in [-0.15, -0.1) is 0 Å². The molecule has 0 aliphatic rings. The van der Waals surface area contributed by atoms with Crippen molar-refractivity contribution in [1.82, 2.24) is 5.32 Å². The lowest BCUT2D eigenvalue weighted by molar-refractivity contribution is -0.123. The molecule has 4 heteroatoms. The number of carbonyl (C=O) groups excluding carboxylic acids is 1. The minimum absolute atomic E-state index is 0.0148. The number of benzene rings is 1. The van der Waals surface area contributed by atoms with Gasteiger partial charge in [-0.3, -0.25) is 4.79 Å². The first-order valence-electron chi connectivity index (χ1n) is 6.18. The SMILES string of the molecule is Cc1ccc(OCC(=O)NC(C)C)c(C(C)N)c1. The molecule has 0 saturated heterocycles. The molecule has 0 bridgehead atoms. The Hall–Kier alpha value is -1.55. The molecule has 0 saturated carbocycles. The summed E-state index contributed by atoms with van der Waals surface area (Å²) in [6.45, 7) is 7.74. The van der Waals surface area contributed by atoms with Crippen LogP contribution in [-0.2, 0) is 4.79 Å². The standard InChI is InChI=1S/C14H22N2O2/c1-9(2)16-14(17)8-18-13-6-5-10(3)7-12(13)11(4)15/h5-7,9,11H,8,15H2,1-4H3,(H,16,17). The Morgan fingerprint density at radius 2 is 2.06 bits per heavy atom. The van der Waals surface area contributed by atoms with Crippen molar-refractivity contribution in [2.24, 2.45) is 5.73 Å². The van der Waals surface area contributed by atoms with Crippen LogP contribution in [0.4, 0.5) is 0 Å². The summed E-state index contributed by atoms with van der Waals surface area (Å²) in [4.78, 5) is 11.5. The molecule has 1 unspecified atom stereocenters. The van der Waals surface area contributed by atoms with Crippen LogP contribution in [0.1, 0.15) is 37.9 Å². The Kier molecular flexibility index (Phi) is 5.16. The van der Waals surface area contributed by atoms with Crippen molar-refractivity contribution in [3.05, 3.63) is 29.3 Å². The monoisotopic (exact) mass is 250 g/mol. The molecule has 1 aromatic carbocycles. The van der Waals surface area contributed by atoms with Crippen molar-refractivity contribution in [2.75, 3.05) is 6.61 Å². The van der Waals surface area contributed by atoms with Gasteiger partial charge in [0.2, 0.25) is 0 Å². The highest BCUT2D eigenvalue weighted by molar-refractivity contribution is 5.77. The molecular weight excluding hydrogens is 228 g/mol. The molecule has 0 aliphatic carbocycles. The quantitative estimate of drug-likeness (QED) is 0.839. The molecular formula is C14H22N2O2. The molecule has 1 atom stereocenters. The molecule has 4 nitrogen and oxygen atoms in total. The molecule has 0 radical (unpaired) electrons. The lowest BCUT2D eigenvalue weighted by atomic mass is 10.1. The molecule has 1 amide bonds. The summed E-state index contributed by atoms with van der Waals surface area (Å²) in [6.07, 6.45) is 0. The average molecular weight is 250 g/mol. The van der Waals surface area contributed by atoms with Gasteiger partial charge in [0.15, 0.2) is 6.61 Å². The van der Waals surface area contributed by atoms with Crippen LogP contribution in [0.25, 0.3) is 0 Å². The van der Waals surface area contributed by atoms with E-state index in [1.807, 2.05) is 45.9 Å². The molecule has 100 valence electrons. The fourth-order valence-electron chi connectivity index (χ4n) is 1.66. The number of amides is 1. The summed E-state index contributed by atoms with van der Waals surface area (Å²) in [5, 5.41) is 2.78. The summed E-state index contributed by atoms with van der Waals surface area (Å²) >= 11 is 0. The summed E-state index contributed by atoms with van der Waals surface area (Å²) in [6, 6.07) is 5.79. The van der Waals surface area contributed by atoms with Gasteiger partial charge in [0.1, 0.15) is 5.75 Å². The smallest absolute Gasteiger partial charge is 0.258 e. The van der Waals surface area contributed by atoms with Gasteiger partial charge < -0.3 is 15.8 Å². The number of hydrogen-bond donors (Lipinski definition) is 2. The van der Waals surface area contributed by atoms with Gasteiger partial charge in [0.25, 0.3) is 5.91 Å². The lowest BCUT2D eigenvalue weighted by Gasteiger charge is -2.15. The van der Waals surface area contributed by atoms with E-state index >= 15 is 0 Å². The van der Waals surface area contributed by atoms with Crippen LogP contribution in [0.3, 0.4) is 0 Å². The number of nitrogens with one attached hydrogen (secondary N) is 1. The Bertz CT molecular complexity index is 414. The van der Waals surface area contributed by atoms with E-state index in [-0.39, 0.29) is 24.6 Å². The summed E-state index contributed by atoms with van der Waals surface area (Å²) in [5.74, 6) is 0.552. The number of ether oxygens (including phenoxy) is 1. The number of rotatable bonds is 5. The first kappa shape index (κ1) is 14.5. The first-order valence-corrected chi connectivity index (χ1v) is 6.18. The molecule has 18 heavy (non-hydrogen) atoms. The predicted molar refractivity (Wildman–Crippen MR) is 72.6 cm³/mol. The first-order chi connectivity index (χ1) is 8.40. The molecule has 0 heterocycles. The van der Waals surface area contributed by atoms with Crippen LogP contribution in [-0.4, -0.2) is 18.6 Å². The summed E-state index contributed by atoms with van der Waals surface area (Å²) in [7, 11) is 0. The van der Waals surface area contributed by atoms with Gasteiger partial charge in [-0.25, -0.2) is 0 Å². The maximum Gasteiger partial charge on any atom is 0.258 e. The van der Waals surface area contributed by atoms with Gasteiger partial charge >= 0.3 is 0 Å². The Morgan fingerprint density at radius 3 is 2.61 bits per heavy atom. The van der Waals surface area contributed by atoms with Crippen LogP contribution in [0, 0.1) is 6.92 Å². The van der Waals surface area contributed by atoms with Crippen molar-refractivity contribution < 1.29 is 9.53 Å². The Labute approximate surface area is 109 Å². The van der Waals surface area contributed by atoms with Gasteiger partial charge in [-0.2, -0.15) is 0 Å². The fraction of sp³-hybridized carbons (Fsp3) is 0.500. The van der Waals surface area contributed by atoms with E-state index in [0.717, 1.165) is 11.1 Å². The predicted octanol–water partition coefficient (Wildman–Crippen LogP) is 1.92. The van der Waals surface area contributed by atoms with Gasteiger partial charge in [-0.1, -0.05) is 17.7 Å². The van der Waals surface area contributed by atoms with E-state index in [9.17, 15) is 4.79 Å². The fourth-order valence-corrected chi connectivity index (χ4v) is 1.66. The Morgan fingerprint density at radius 1 is 1.39 bits per heavy atom. The highest BCUT2D eigenvalue weighted by atomic mass is 16.5. The number of hydrogen-bond acceptors (Lipinski definition) is 3. The minimum atomic E-state index is -0.124. The largest absolute Gasteiger partial charge is 0.483 e. The van der Waals surface area contributed by atoms with Crippen LogP contribution in [0.2, 0.25) is 0 Å². The zero-order valence-corrected chi connectivity index (χ0v) is 11.5. The van der Waals surface area contributed by atoms with Crippen molar-refractivity contribution in [2.45, 2.75) is 39.8 Å². The highest BCUT2D eigenvalue weighted by Gasteiger charge is 2.10. The van der Waals surface area contributed by atoms with E-state index in [4.69, 9.17) is 10.5 Å². The molecule has 0 aliphatic heterocycles. The van der Waals surface area contributed by atoms with E-state index in [1.54, 1.807) is 0 Å². The zero-order valence-electron chi connectivity index (χ0n) is 11.5. The summed E-state index contributed by atoms with van der Waals surface area (Å²) < 4.78 is 5.52. The third-order valence-electron chi connectivity index (χ3n) is 2.46. The van der Waals surface area contributed by atoms with E-state index in [0.29, 0.717) is 5.75 Å². The third-order valence-corrected chi connectivity index (χ3v) is 2.46. The van der Waals surface area contributed by atoms with Crippen LogP contribution in [0.15, 0.2) is 18.2 Å². The van der Waals surface area contributed by atoms with Gasteiger partial charge in [-0.05, 0) is 33.8 Å². The lowest BCUT2D eigenvalue weighted by Crippen LogP contribution is -2.34. The second kappa shape index (κ2) is 6.40. The minimum Gasteiger partial charge on any atom is -0.483 e. The van der Waals surface area contributed by atoms with Crippen LogP contribution >= 0.6 is 0 Å². The van der Waals surface area contributed by atoms with Crippen LogP contribution < -0.4 is 15.8 Å². The molecule has 3 N–H and O–H groups in total. The molecule has 0 aromatic heterocycles. The topological polar surface area (TPSA) is 64.3 Å². The molecule has 0 fully saturated rings. The van der Waals surface area contributed by atoms with Crippen molar-refractivity contribution in [3.8, 4) is 5.75 Å². The normalized spacial score (nSPS) is 12.3. The molecule has 0 spiro atoms. The van der Waals surface area contributed by atoms with Gasteiger partial charge in [0, 0.05) is 17.6 Å². The Balaban J connectivity index is 2.70. The maximum absolute atomic E-state index is 11.5. The summed E-state index contributed by atoms with van der Waals surface area (Å²) in [5.41, 5.74) is 7.94. The number of nitrogens with two attached hydrogens (primary N) is 1. The second-order valence-corrected chi connectivity index (χ2v) is 4.84.